The van der Waals surface area contributed by atoms with Crippen LogP contribution >= 0.6 is 11.8 Å². The molecule has 0 aliphatic heterocycles. The average Bonchev–Trinajstić information content (AvgIpc) is 3.02. The Morgan fingerprint density at radius 1 is 1.29 bits per heavy atom. The maximum Gasteiger partial charge on any atom is 0.237 e. The first-order valence-electron chi connectivity index (χ1n) is 8.06. The number of fused-ring (bicyclic) bond motifs is 1. The Hall–Kier alpha value is -2.34. The van der Waals surface area contributed by atoms with Crippen LogP contribution in [-0.4, -0.2) is 26.1 Å². The van der Waals surface area contributed by atoms with Crippen LogP contribution in [0.3, 0.4) is 0 Å². The summed E-state index contributed by atoms with van der Waals surface area (Å²) in [5.41, 5.74) is 3.77. The number of amides is 1. The van der Waals surface area contributed by atoms with E-state index in [-0.39, 0.29) is 11.2 Å². The summed E-state index contributed by atoms with van der Waals surface area (Å²) < 4.78 is 0. The number of carbonyl (C=O) groups excluding carboxylic acids is 1. The first kappa shape index (κ1) is 16.5. The number of H-pyrrole nitrogens is 1. The number of aromatic amines is 1. The molecule has 2 heterocycles. The number of aromatic nitrogens is 3. The predicted octanol–water partition coefficient (Wildman–Crippen LogP) is 4.03. The summed E-state index contributed by atoms with van der Waals surface area (Å²) >= 11 is 1.45. The van der Waals surface area contributed by atoms with E-state index in [1.807, 2.05) is 37.3 Å². The van der Waals surface area contributed by atoms with Crippen molar-refractivity contribution < 1.29 is 4.79 Å². The zero-order chi connectivity index (χ0) is 16.9. The number of aryl methyl sites for hydroxylation is 1. The third kappa shape index (κ3) is 3.59. The molecule has 0 unspecified atom stereocenters. The van der Waals surface area contributed by atoms with Crippen LogP contribution < -0.4 is 5.32 Å². The van der Waals surface area contributed by atoms with Gasteiger partial charge in [0.05, 0.1) is 22.5 Å². The number of hydrogen-bond acceptors (Lipinski definition) is 4. The van der Waals surface area contributed by atoms with Gasteiger partial charge in [0.15, 0.2) is 5.16 Å². The lowest BCUT2D eigenvalue weighted by molar-refractivity contribution is -0.115. The number of nitrogens with one attached hydrogen (secondary N) is 2. The van der Waals surface area contributed by atoms with Gasteiger partial charge in [0.25, 0.3) is 0 Å². The van der Waals surface area contributed by atoms with Crippen molar-refractivity contribution in [3.8, 4) is 0 Å². The molecule has 0 saturated heterocycles. The number of hydrogen-bond donors (Lipinski definition) is 2. The van der Waals surface area contributed by atoms with E-state index in [9.17, 15) is 4.79 Å². The number of benzene rings is 1. The highest BCUT2D eigenvalue weighted by Crippen LogP contribution is 2.26. The lowest BCUT2D eigenvalue weighted by Gasteiger charge is -2.15. The molecule has 2 N–H and O–H groups in total. The van der Waals surface area contributed by atoms with Crippen LogP contribution in [0.4, 0.5) is 5.69 Å². The summed E-state index contributed by atoms with van der Waals surface area (Å²) in [5, 5.41) is 3.59. The van der Waals surface area contributed by atoms with E-state index in [2.05, 4.69) is 27.2 Å². The Kier molecular flexibility index (Phi) is 5.15. The van der Waals surface area contributed by atoms with Crippen molar-refractivity contribution in [1.82, 2.24) is 15.0 Å². The van der Waals surface area contributed by atoms with Crippen molar-refractivity contribution >= 4 is 34.4 Å². The largest absolute Gasteiger partial charge is 0.332 e. The van der Waals surface area contributed by atoms with Gasteiger partial charge in [0.1, 0.15) is 0 Å². The molecular weight excluding hydrogens is 320 g/mol. The quantitative estimate of drug-likeness (QED) is 0.665. The number of anilines is 1. The van der Waals surface area contributed by atoms with Gasteiger partial charge in [0, 0.05) is 11.9 Å². The lowest BCUT2D eigenvalue weighted by Crippen LogP contribution is -2.25. The van der Waals surface area contributed by atoms with Gasteiger partial charge in [-0.1, -0.05) is 43.8 Å². The van der Waals surface area contributed by atoms with Gasteiger partial charge >= 0.3 is 0 Å². The molecule has 0 radical (unpaired) electrons. The smallest absolute Gasteiger partial charge is 0.237 e. The van der Waals surface area contributed by atoms with Gasteiger partial charge in [-0.2, -0.15) is 0 Å². The fraction of sp³-hybridized carbons (Fsp3) is 0.278. The van der Waals surface area contributed by atoms with Crippen molar-refractivity contribution in [2.75, 3.05) is 5.32 Å². The molecule has 0 spiro atoms. The van der Waals surface area contributed by atoms with Crippen LogP contribution in [0.5, 0.6) is 0 Å². The number of carbonyl (C=O) groups is 1. The van der Waals surface area contributed by atoms with Crippen LogP contribution in [-0.2, 0) is 11.2 Å². The first-order valence-corrected chi connectivity index (χ1v) is 8.94. The number of thioether (sulfide) groups is 1. The molecule has 24 heavy (non-hydrogen) atoms. The molecule has 1 atom stereocenters. The standard InChI is InChI=1S/C18H20N4OS/c1-3-12-7-5-6-8-13(12)20-17(23)16(4-2)24-18-21-14-9-10-19-11-15(14)22-18/h5-11,16H,3-4H2,1-2H3,(H,20,23)(H,21,22)/t16-/m1/s1. The molecule has 1 aromatic carbocycles. The highest BCUT2D eigenvalue weighted by molar-refractivity contribution is 8.00. The van der Waals surface area contributed by atoms with Gasteiger partial charge in [-0.25, -0.2) is 4.98 Å². The minimum absolute atomic E-state index is 0.00183. The monoisotopic (exact) mass is 340 g/mol. The lowest BCUT2D eigenvalue weighted by atomic mass is 10.1. The van der Waals surface area contributed by atoms with Gasteiger partial charge in [-0.15, -0.1) is 0 Å². The molecule has 3 aromatic rings. The topological polar surface area (TPSA) is 70.7 Å². The van der Waals surface area contributed by atoms with Crippen molar-refractivity contribution in [2.45, 2.75) is 37.1 Å². The Bertz CT molecular complexity index is 813. The van der Waals surface area contributed by atoms with E-state index in [0.29, 0.717) is 0 Å². The summed E-state index contributed by atoms with van der Waals surface area (Å²) in [6.45, 7) is 4.09. The third-order valence-corrected chi connectivity index (χ3v) is 5.08. The molecule has 5 nitrogen and oxygen atoms in total. The summed E-state index contributed by atoms with van der Waals surface area (Å²) in [6.07, 6.45) is 5.06. The van der Waals surface area contributed by atoms with E-state index in [4.69, 9.17) is 0 Å². The summed E-state index contributed by atoms with van der Waals surface area (Å²) in [6, 6.07) is 9.77. The van der Waals surface area contributed by atoms with Crippen molar-refractivity contribution in [3.05, 3.63) is 48.3 Å². The molecule has 2 aromatic heterocycles. The normalized spacial score (nSPS) is 12.2. The maximum absolute atomic E-state index is 12.6. The number of nitrogens with zero attached hydrogens (tertiary/aromatic N) is 2. The van der Waals surface area contributed by atoms with E-state index in [1.54, 1.807) is 12.4 Å². The SMILES string of the molecule is CCc1ccccc1NC(=O)[C@@H](CC)Sc1nc2ccncc2[nH]1. The Labute approximate surface area is 145 Å². The Morgan fingerprint density at radius 3 is 2.88 bits per heavy atom. The summed E-state index contributed by atoms with van der Waals surface area (Å²) in [4.78, 5) is 24.4. The zero-order valence-corrected chi connectivity index (χ0v) is 14.6. The van der Waals surface area contributed by atoms with Gasteiger partial charge in [0.2, 0.25) is 5.91 Å². The van der Waals surface area contributed by atoms with Crippen LogP contribution in [0.1, 0.15) is 25.8 Å². The van der Waals surface area contributed by atoms with Gasteiger partial charge < -0.3 is 10.3 Å². The maximum atomic E-state index is 12.6. The molecule has 0 aliphatic rings. The molecule has 0 aliphatic carbocycles. The highest BCUT2D eigenvalue weighted by Gasteiger charge is 2.20. The summed E-state index contributed by atoms with van der Waals surface area (Å²) in [7, 11) is 0. The minimum atomic E-state index is -0.205. The molecule has 1 amide bonds. The Morgan fingerprint density at radius 2 is 2.12 bits per heavy atom. The van der Waals surface area contributed by atoms with Crippen LogP contribution in [0.15, 0.2) is 47.9 Å². The number of pyridine rings is 1. The second-order valence-corrected chi connectivity index (χ2v) is 6.64. The van der Waals surface area contributed by atoms with Gasteiger partial charge in [-0.05, 0) is 30.5 Å². The Balaban J connectivity index is 1.74. The predicted molar refractivity (Wildman–Crippen MR) is 98.3 cm³/mol. The number of imidazole rings is 1. The van der Waals surface area contributed by atoms with Gasteiger partial charge in [-0.3, -0.25) is 9.78 Å². The molecule has 6 heteroatoms. The fourth-order valence-corrected chi connectivity index (χ4v) is 3.43. The van der Waals surface area contributed by atoms with E-state index in [0.717, 1.165) is 40.3 Å². The summed E-state index contributed by atoms with van der Waals surface area (Å²) in [5.74, 6) is 0.00183. The van der Waals surface area contributed by atoms with Crippen molar-refractivity contribution in [3.63, 3.8) is 0 Å². The van der Waals surface area contributed by atoms with Crippen LogP contribution in [0.25, 0.3) is 11.0 Å². The molecule has 3 rings (SSSR count). The molecule has 0 saturated carbocycles. The average molecular weight is 340 g/mol. The van der Waals surface area contributed by atoms with Crippen LogP contribution in [0, 0.1) is 0 Å². The highest BCUT2D eigenvalue weighted by atomic mass is 32.2. The number of para-hydroxylation sites is 1. The third-order valence-electron chi connectivity index (χ3n) is 3.83. The second kappa shape index (κ2) is 7.49. The van der Waals surface area contributed by atoms with E-state index >= 15 is 0 Å². The first-order chi connectivity index (χ1) is 11.7. The molecule has 0 bridgehead atoms. The second-order valence-electron chi connectivity index (χ2n) is 5.45. The molecule has 124 valence electrons. The zero-order valence-electron chi connectivity index (χ0n) is 13.7. The number of rotatable bonds is 6. The molecular formula is C18H20N4OS. The fourth-order valence-electron chi connectivity index (χ4n) is 2.51. The minimum Gasteiger partial charge on any atom is -0.332 e. The van der Waals surface area contributed by atoms with Crippen molar-refractivity contribution in [1.29, 1.82) is 0 Å². The molecule has 0 fully saturated rings. The van der Waals surface area contributed by atoms with E-state index in [1.165, 1.54) is 11.8 Å². The van der Waals surface area contributed by atoms with E-state index < -0.39 is 0 Å². The van der Waals surface area contributed by atoms with Crippen LogP contribution in [0.2, 0.25) is 0 Å². The van der Waals surface area contributed by atoms with Crippen molar-refractivity contribution in [2.24, 2.45) is 0 Å².